The van der Waals surface area contributed by atoms with Gasteiger partial charge in [0.15, 0.2) is 0 Å². The number of aliphatic hydroxyl groups is 2. The molecule has 0 saturated carbocycles. The predicted molar refractivity (Wildman–Crippen MR) is 70.0 cm³/mol. The molecule has 2 rings (SSSR count). The molecule has 0 aliphatic carbocycles. The van der Waals surface area contributed by atoms with Crippen LogP contribution in [-0.2, 0) is 4.74 Å². The highest BCUT2D eigenvalue weighted by molar-refractivity contribution is 6.42. The van der Waals surface area contributed by atoms with Crippen molar-refractivity contribution in [1.82, 2.24) is 5.32 Å². The number of hydrogen-bond acceptors (Lipinski definition) is 4. The van der Waals surface area contributed by atoms with Gasteiger partial charge in [0.05, 0.1) is 41.5 Å². The SMILES string of the molecule is O[C@@H](CN[C@@H]1COC[C@@H]1O)c1ccc(Cl)c(Cl)c1. The largest absolute Gasteiger partial charge is 0.389 e. The van der Waals surface area contributed by atoms with Crippen LogP contribution in [0.4, 0.5) is 0 Å². The Kier molecular flexibility index (Phi) is 4.84. The first kappa shape index (κ1) is 14.1. The molecule has 1 aromatic rings. The summed E-state index contributed by atoms with van der Waals surface area (Å²) in [5.74, 6) is 0. The third kappa shape index (κ3) is 3.35. The average molecular weight is 292 g/mol. The molecule has 0 spiro atoms. The summed E-state index contributed by atoms with van der Waals surface area (Å²) >= 11 is 11.7. The minimum atomic E-state index is -0.701. The molecule has 3 N–H and O–H groups in total. The van der Waals surface area contributed by atoms with Crippen LogP contribution in [0.5, 0.6) is 0 Å². The normalized spacial score (nSPS) is 25.3. The summed E-state index contributed by atoms with van der Waals surface area (Å²) in [6.07, 6.45) is -1.22. The van der Waals surface area contributed by atoms with E-state index in [9.17, 15) is 10.2 Å². The van der Waals surface area contributed by atoms with Crippen LogP contribution >= 0.6 is 23.2 Å². The van der Waals surface area contributed by atoms with Crippen LogP contribution in [0.25, 0.3) is 0 Å². The maximum atomic E-state index is 10.00. The fraction of sp³-hybridized carbons (Fsp3) is 0.500. The molecule has 1 aliphatic rings. The Hall–Kier alpha value is -0.360. The van der Waals surface area contributed by atoms with Crippen LogP contribution in [0.15, 0.2) is 18.2 Å². The lowest BCUT2D eigenvalue weighted by atomic mass is 10.1. The first-order chi connectivity index (χ1) is 8.58. The van der Waals surface area contributed by atoms with Crippen molar-refractivity contribution in [2.45, 2.75) is 18.2 Å². The number of hydrogen-bond donors (Lipinski definition) is 3. The van der Waals surface area contributed by atoms with Gasteiger partial charge in [0.2, 0.25) is 0 Å². The molecule has 100 valence electrons. The van der Waals surface area contributed by atoms with Crippen molar-refractivity contribution >= 4 is 23.2 Å². The summed E-state index contributed by atoms with van der Waals surface area (Å²) in [4.78, 5) is 0. The minimum absolute atomic E-state index is 0.137. The van der Waals surface area contributed by atoms with E-state index < -0.39 is 12.2 Å². The Morgan fingerprint density at radius 3 is 2.72 bits per heavy atom. The van der Waals surface area contributed by atoms with E-state index in [1.165, 1.54) is 0 Å². The summed E-state index contributed by atoms with van der Waals surface area (Å²) in [5.41, 5.74) is 0.685. The molecule has 0 radical (unpaired) electrons. The average Bonchev–Trinajstić information content (AvgIpc) is 2.75. The maximum absolute atomic E-state index is 10.00. The van der Waals surface area contributed by atoms with Crippen molar-refractivity contribution in [1.29, 1.82) is 0 Å². The lowest BCUT2D eigenvalue weighted by Crippen LogP contribution is -2.40. The van der Waals surface area contributed by atoms with Gasteiger partial charge in [-0.1, -0.05) is 29.3 Å². The summed E-state index contributed by atoms with van der Waals surface area (Å²) in [6.45, 7) is 1.11. The molecule has 1 heterocycles. The maximum Gasteiger partial charge on any atom is 0.0948 e. The lowest BCUT2D eigenvalue weighted by Gasteiger charge is -2.18. The summed E-state index contributed by atoms with van der Waals surface area (Å²) in [7, 11) is 0. The number of halogens is 2. The van der Waals surface area contributed by atoms with Gasteiger partial charge in [-0.05, 0) is 17.7 Å². The van der Waals surface area contributed by atoms with Gasteiger partial charge in [0.1, 0.15) is 0 Å². The Balaban J connectivity index is 1.90. The molecule has 6 heteroatoms. The number of nitrogens with one attached hydrogen (secondary N) is 1. The van der Waals surface area contributed by atoms with Gasteiger partial charge >= 0.3 is 0 Å². The van der Waals surface area contributed by atoms with Gasteiger partial charge in [-0.2, -0.15) is 0 Å². The second-order valence-corrected chi connectivity index (χ2v) is 5.12. The van der Waals surface area contributed by atoms with Gasteiger partial charge in [0.25, 0.3) is 0 Å². The van der Waals surface area contributed by atoms with Gasteiger partial charge in [-0.15, -0.1) is 0 Å². The second kappa shape index (κ2) is 6.19. The fourth-order valence-electron chi connectivity index (χ4n) is 1.84. The molecule has 1 saturated heterocycles. The summed E-state index contributed by atoms with van der Waals surface area (Å²) in [6, 6.07) is 4.87. The first-order valence-electron chi connectivity index (χ1n) is 5.70. The minimum Gasteiger partial charge on any atom is -0.389 e. The van der Waals surface area contributed by atoms with Gasteiger partial charge < -0.3 is 20.3 Å². The van der Waals surface area contributed by atoms with Crippen molar-refractivity contribution in [3.8, 4) is 0 Å². The van der Waals surface area contributed by atoms with Crippen LogP contribution in [0, 0.1) is 0 Å². The Labute approximate surface area is 115 Å². The fourth-order valence-corrected chi connectivity index (χ4v) is 2.14. The first-order valence-corrected chi connectivity index (χ1v) is 6.45. The number of benzene rings is 1. The van der Waals surface area contributed by atoms with E-state index in [0.717, 1.165) is 0 Å². The molecular formula is C12H15Cl2NO3. The van der Waals surface area contributed by atoms with Crippen molar-refractivity contribution in [2.75, 3.05) is 19.8 Å². The predicted octanol–water partition coefficient (Wildman–Crippen LogP) is 1.38. The monoisotopic (exact) mass is 291 g/mol. The van der Waals surface area contributed by atoms with Crippen LogP contribution in [0.3, 0.4) is 0 Å². The van der Waals surface area contributed by atoms with E-state index in [4.69, 9.17) is 27.9 Å². The Morgan fingerprint density at radius 1 is 1.33 bits per heavy atom. The Bertz CT molecular complexity index is 416. The zero-order valence-electron chi connectivity index (χ0n) is 9.64. The number of ether oxygens (including phenoxy) is 1. The lowest BCUT2D eigenvalue weighted by molar-refractivity contribution is 0.118. The third-order valence-corrected chi connectivity index (χ3v) is 3.69. The van der Waals surface area contributed by atoms with Gasteiger partial charge in [-0.25, -0.2) is 0 Å². The van der Waals surface area contributed by atoms with Crippen molar-refractivity contribution < 1.29 is 14.9 Å². The number of aliphatic hydroxyl groups excluding tert-OH is 2. The van der Waals surface area contributed by atoms with E-state index in [1.807, 2.05) is 0 Å². The zero-order valence-corrected chi connectivity index (χ0v) is 11.2. The topological polar surface area (TPSA) is 61.7 Å². The zero-order chi connectivity index (χ0) is 13.1. The van der Waals surface area contributed by atoms with Crippen LogP contribution < -0.4 is 5.32 Å². The van der Waals surface area contributed by atoms with E-state index >= 15 is 0 Å². The highest BCUT2D eigenvalue weighted by Gasteiger charge is 2.26. The van der Waals surface area contributed by atoms with E-state index in [1.54, 1.807) is 18.2 Å². The molecule has 1 fully saturated rings. The van der Waals surface area contributed by atoms with Gasteiger partial charge in [0, 0.05) is 6.54 Å². The van der Waals surface area contributed by atoms with E-state index in [0.29, 0.717) is 35.4 Å². The summed E-state index contributed by atoms with van der Waals surface area (Å²) < 4.78 is 5.11. The standard InChI is InChI=1S/C12H15Cl2NO3/c13-8-2-1-7(3-9(8)14)11(16)4-15-10-5-18-6-12(10)17/h1-3,10-12,15-17H,4-6H2/t10-,11+,12+/m1/s1. The highest BCUT2D eigenvalue weighted by Crippen LogP contribution is 2.25. The molecule has 3 atom stereocenters. The number of rotatable bonds is 4. The van der Waals surface area contributed by atoms with E-state index in [2.05, 4.69) is 5.32 Å². The quantitative estimate of drug-likeness (QED) is 0.784. The van der Waals surface area contributed by atoms with Crippen LogP contribution in [-0.4, -0.2) is 42.1 Å². The molecule has 1 aromatic carbocycles. The van der Waals surface area contributed by atoms with Crippen molar-refractivity contribution in [2.24, 2.45) is 0 Å². The second-order valence-electron chi connectivity index (χ2n) is 4.31. The molecule has 4 nitrogen and oxygen atoms in total. The molecule has 0 bridgehead atoms. The van der Waals surface area contributed by atoms with Crippen LogP contribution in [0.2, 0.25) is 10.0 Å². The smallest absolute Gasteiger partial charge is 0.0948 e. The van der Waals surface area contributed by atoms with Crippen LogP contribution in [0.1, 0.15) is 11.7 Å². The highest BCUT2D eigenvalue weighted by atomic mass is 35.5. The van der Waals surface area contributed by atoms with Crippen molar-refractivity contribution in [3.05, 3.63) is 33.8 Å². The molecule has 18 heavy (non-hydrogen) atoms. The molecular weight excluding hydrogens is 277 g/mol. The summed E-state index contributed by atoms with van der Waals surface area (Å²) in [5, 5.41) is 23.5. The van der Waals surface area contributed by atoms with Gasteiger partial charge in [-0.3, -0.25) is 0 Å². The Morgan fingerprint density at radius 2 is 2.11 bits per heavy atom. The third-order valence-electron chi connectivity index (χ3n) is 2.95. The molecule has 1 aliphatic heterocycles. The van der Waals surface area contributed by atoms with Crippen molar-refractivity contribution in [3.63, 3.8) is 0 Å². The van der Waals surface area contributed by atoms with E-state index in [-0.39, 0.29) is 6.04 Å². The molecule has 0 amide bonds. The molecule has 0 aromatic heterocycles. The molecule has 0 unspecified atom stereocenters.